The number of amides is 2. The summed E-state index contributed by atoms with van der Waals surface area (Å²) in [5, 5.41) is 0. The smallest absolute Gasteiger partial charge is 0.257 e. The average Bonchev–Trinajstić information content (AvgIpc) is 3.00. The van der Waals surface area contributed by atoms with E-state index in [4.69, 9.17) is 10.5 Å². The minimum Gasteiger partial charge on any atom is -0.370 e. The van der Waals surface area contributed by atoms with Crippen LogP contribution in [0.5, 0.6) is 0 Å². The lowest BCUT2D eigenvalue weighted by molar-refractivity contribution is -0.123. The third-order valence-corrected chi connectivity index (χ3v) is 5.06. The molecule has 1 spiro atoms. The molecule has 24 heavy (non-hydrogen) atoms. The standard InChI is InChI=1S/C18H23FN2O3/c1-17(2)11-18(14(24-17)10-15(20)22)8-5-9-21(18)16(23)12-6-3-4-7-13(12)19/h3-4,6-7,14H,5,8-11H2,1-2H3,(H2,20,22)/t14-,18+/m0/s1. The molecule has 2 heterocycles. The molecule has 2 aliphatic heterocycles. The molecule has 2 fully saturated rings. The Kier molecular flexibility index (Phi) is 4.11. The Morgan fingerprint density at radius 2 is 2.08 bits per heavy atom. The van der Waals surface area contributed by atoms with Crippen molar-refractivity contribution in [1.82, 2.24) is 4.90 Å². The van der Waals surface area contributed by atoms with Crippen LogP contribution in [-0.2, 0) is 9.53 Å². The highest BCUT2D eigenvalue weighted by Crippen LogP contribution is 2.49. The fourth-order valence-electron chi connectivity index (χ4n) is 4.31. The van der Waals surface area contributed by atoms with Crippen molar-refractivity contribution >= 4 is 11.8 Å². The van der Waals surface area contributed by atoms with Crippen LogP contribution in [0.2, 0.25) is 0 Å². The molecule has 2 amide bonds. The summed E-state index contributed by atoms with van der Waals surface area (Å²) in [6, 6.07) is 5.98. The molecule has 2 atom stereocenters. The third-order valence-electron chi connectivity index (χ3n) is 5.06. The monoisotopic (exact) mass is 334 g/mol. The van der Waals surface area contributed by atoms with Crippen molar-refractivity contribution < 1.29 is 18.7 Å². The van der Waals surface area contributed by atoms with Crippen LogP contribution in [0, 0.1) is 5.82 Å². The predicted molar refractivity (Wildman–Crippen MR) is 86.8 cm³/mol. The number of hydrogen-bond donors (Lipinski definition) is 1. The van der Waals surface area contributed by atoms with Gasteiger partial charge in [0, 0.05) is 13.0 Å². The summed E-state index contributed by atoms with van der Waals surface area (Å²) in [7, 11) is 0. The van der Waals surface area contributed by atoms with Gasteiger partial charge in [0.05, 0.1) is 29.2 Å². The first-order valence-electron chi connectivity index (χ1n) is 8.28. The highest BCUT2D eigenvalue weighted by Gasteiger charge is 2.58. The van der Waals surface area contributed by atoms with E-state index in [1.807, 2.05) is 13.8 Å². The van der Waals surface area contributed by atoms with Crippen LogP contribution in [0.15, 0.2) is 24.3 Å². The highest BCUT2D eigenvalue weighted by atomic mass is 19.1. The van der Waals surface area contributed by atoms with Crippen LogP contribution in [0.4, 0.5) is 4.39 Å². The average molecular weight is 334 g/mol. The Bertz CT molecular complexity index is 676. The van der Waals surface area contributed by atoms with Gasteiger partial charge in [-0.3, -0.25) is 9.59 Å². The number of carbonyl (C=O) groups excluding carboxylic acids is 2. The normalized spacial score (nSPS) is 28.5. The van der Waals surface area contributed by atoms with Crippen LogP contribution in [0.1, 0.15) is 49.9 Å². The van der Waals surface area contributed by atoms with Crippen LogP contribution >= 0.6 is 0 Å². The Balaban J connectivity index is 1.97. The fourth-order valence-corrected chi connectivity index (χ4v) is 4.31. The molecule has 1 aromatic rings. The van der Waals surface area contributed by atoms with E-state index in [0.29, 0.717) is 13.0 Å². The van der Waals surface area contributed by atoms with Gasteiger partial charge in [0.15, 0.2) is 0 Å². The Morgan fingerprint density at radius 1 is 1.38 bits per heavy atom. The van der Waals surface area contributed by atoms with Crippen LogP contribution in [0.3, 0.4) is 0 Å². The van der Waals surface area contributed by atoms with Crippen molar-refractivity contribution in [3.63, 3.8) is 0 Å². The summed E-state index contributed by atoms with van der Waals surface area (Å²) in [6.07, 6.45) is 1.75. The largest absolute Gasteiger partial charge is 0.370 e. The number of nitrogens with zero attached hydrogens (tertiary/aromatic N) is 1. The molecule has 2 N–H and O–H groups in total. The van der Waals surface area contributed by atoms with Gasteiger partial charge in [-0.2, -0.15) is 0 Å². The summed E-state index contributed by atoms with van der Waals surface area (Å²) < 4.78 is 20.1. The van der Waals surface area contributed by atoms with E-state index in [1.165, 1.54) is 12.1 Å². The van der Waals surface area contributed by atoms with Crippen molar-refractivity contribution in [3.8, 4) is 0 Å². The molecule has 0 aliphatic carbocycles. The van der Waals surface area contributed by atoms with Gasteiger partial charge in [-0.15, -0.1) is 0 Å². The SMILES string of the molecule is CC1(C)C[C@]2(CCCN2C(=O)c2ccccc2F)[C@H](CC(N)=O)O1. The number of likely N-dealkylation sites (tertiary alicyclic amines) is 1. The third kappa shape index (κ3) is 2.79. The first kappa shape index (κ1) is 16.9. The minimum atomic E-state index is -0.599. The van der Waals surface area contributed by atoms with E-state index in [-0.39, 0.29) is 17.9 Å². The van der Waals surface area contributed by atoms with Crippen LogP contribution < -0.4 is 5.73 Å². The second-order valence-corrected chi connectivity index (χ2v) is 7.36. The topological polar surface area (TPSA) is 72.6 Å². The molecule has 6 heteroatoms. The molecule has 0 radical (unpaired) electrons. The number of rotatable bonds is 3. The van der Waals surface area contributed by atoms with Gasteiger partial charge in [0.2, 0.25) is 5.91 Å². The second-order valence-electron chi connectivity index (χ2n) is 7.36. The molecule has 0 saturated carbocycles. The number of primary amides is 1. The van der Waals surface area contributed by atoms with Crippen molar-refractivity contribution in [2.24, 2.45) is 5.73 Å². The molecule has 2 saturated heterocycles. The zero-order valence-corrected chi connectivity index (χ0v) is 14.0. The van der Waals surface area contributed by atoms with E-state index in [9.17, 15) is 14.0 Å². The van der Waals surface area contributed by atoms with Crippen molar-refractivity contribution in [3.05, 3.63) is 35.6 Å². The van der Waals surface area contributed by atoms with Crippen LogP contribution in [0.25, 0.3) is 0 Å². The lowest BCUT2D eigenvalue weighted by Gasteiger charge is -2.38. The maximum Gasteiger partial charge on any atom is 0.257 e. The van der Waals surface area contributed by atoms with Gasteiger partial charge < -0.3 is 15.4 Å². The van der Waals surface area contributed by atoms with Gasteiger partial charge in [-0.1, -0.05) is 12.1 Å². The second kappa shape index (κ2) is 5.84. The summed E-state index contributed by atoms with van der Waals surface area (Å²) in [4.78, 5) is 26.2. The zero-order chi connectivity index (χ0) is 17.5. The number of ether oxygens (including phenoxy) is 1. The molecule has 0 aromatic heterocycles. The van der Waals surface area contributed by atoms with E-state index in [0.717, 1.165) is 12.8 Å². The van der Waals surface area contributed by atoms with E-state index in [2.05, 4.69) is 0 Å². The minimum absolute atomic E-state index is 0.0568. The van der Waals surface area contributed by atoms with Gasteiger partial charge in [-0.25, -0.2) is 4.39 Å². The summed E-state index contributed by atoms with van der Waals surface area (Å²) in [5.41, 5.74) is 4.38. The molecule has 130 valence electrons. The van der Waals surface area contributed by atoms with Crippen molar-refractivity contribution in [1.29, 1.82) is 0 Å². The Morgan fingerprint density at radius 3 is 2.75 bits per heavy atom. The Labute approximate surface area is 141 Å². The fraction of sp³-hybridized carbons (Fsp3) is 0.556. The van der Waals surface area contributed by atoms with Gasteiger partial charge in [0.1, 0.15) is 5.82 Å². The first-order valence-corrected chi connectivity index (χ1v) is 8.28. The van der Waals surface area contributed by atoms with Gasteiger partial charge >= 0.3 is 0 Å². The quantitative estimate of drug-likeness (QED) is 0.921. The van der Waals surface area contributed by atoms with Crippen molar-refractivity contribution in [2.45, 2.75) is 56.8 Å². The highest BCUT2D eigenvalue weighted by molar-refractivity contribution is 5.95. The number of hydrogen-bond acceptors (Lipinski definition) is 3. The van der Waals surface area contributed by atoms with Crippen LogP contribution in [-0.4, -0.2) is 40.5 Å². The molecule has 0 unspecified atom stereocenters. The van der Waals surface area contributed by atoms with E-state index in [1.54, 1.807) is 17.0 Å². The predicted octanol–water partition coefficient (Wildman–Crippen LogP) is 2.24. The van der Waals surface area contributed by atoms with Gasteiger partial charge in [0.25, 0.3) is 5.91 Å². The molecular formula is C18H23FN2O3. The zero-order valence-electron chi connectivity index (χ0n) is 14.0. The number of benzene rings is 1. The first-order chi connectivity index (χ1) is 11.3. The lowest BCUT2D eigenvalue weighted by atomic mass is 9.82. The van der Waals surface area contributed by atoms with Gasteiger partial charge in [-0.05, 0) is 38.8 Å². The lowest BCUT2D eigenvalue weighted by Crippen LogP contribution is -2.53. The molecular weight excluding hydrogens is 311 g/mol. The molecule has 5 nitrogen and oxygen atoms in total. The summed E-state index contributed by atoms with van der Waals surface area (Å²) in [5.74, 6) is -1.34. The Hall–Kier alpha value is -1.95. The molecule has 1 aromatic carbocycles. The number of carbonyl (C=O) groups is 2. The maximum atomic E-state index is 14.1. The molecule has 0 bridgehead atoms. The molecule has 3 rings (SSSR count). The van der Waals surface area contributed by atoms with E-state index >= 15 is 0 Å². The summed E-state index contributed by atoms with van der Waals surface area (Å²) >= 11 is 0. The van der Waals surface area contributed by atoms with Crippen molar-refractivity contribution in [2.75, 3.05) is 6.54 Å². The summed E-state index contributed by atoms with van der Waals surface area (Å²) in [6.45, 7) is 4.42. The number of halogens is 1. The number of nitrogens with two attached hydrogens (primary N) is 1. The molecule has 2 aliphatic rings. The maximum absolute atomic E-state index is 14.1. The van der Waals surface area contributed by atoms with E-state index < -0.39 is 29.0 Å².